The van der Waals surface area contributed by atoms with Crippen molar-refractivity contribution in [1.82, 2.24) is 9.13 Å². The Hall–Kier alpha value is -9.90. The molecule has 2 atom stereocenters. The molecule has 15 rings (SSSR count). The number of hydrogen-bond donors (Lipinski definition) is 0. The van der Waals surface area contributed by atoms with E-state index in [1.54, 1.807) is 0 Å². The van der Waals surface area contributed by atoms with Crippen molar-refractivity contribution in [2.75, 3.05) is 9.80 Å². The molecule has 11 aromatic carbocycles. The van der Waals surface area contributed by atoms with Crippen molar-refractivity contribution >= 4 is 72.0 Å². The third-order valence-electron chi connectivity index (χ3n) is 15.8. The first-order valence-electron chi connectivity index (χ1n) is 26.3. The Morgan fingerprint density at radius 2 is 0.658 bits per heavy atom. The molecule has 76 heavy (non-hydrogen) atoms. The molecule has 13 aromatic rings. The minimum atomic E-state index is 0.249. The SMILES string of the molecule is C1=CC2c3ccccc3N(c3cccc(-c4ccc(N(c5ccc(-c6cccc(-n7c8ccccc8c8ccccc87)c6)cc5)c5ccc(-c6cccc(-n7c8ccccc8c8ccccc87)c6)cc5)cc4)c3)C2C=C1. The molecular weight excluding hydrogens is 921 g/mol. The van der Waals surface area contributed by atoms with Gasteiger partial charge < -0.3 is 18.9 Å². The molecule has 0 spiro atoms. The zero-order chi connectivity index (χ0) is 50.1. The van der Waals surface area contributed by atoms with Crippen molar-refractivity contribution in [2.24, 2.45) is 0 Å². The van der Waals surface area contributed by atoms with Crippen LogP contribution in [0, 0.1) is 0 Å². The summed E-state index contributed by atoms with van der Waals surface area (Å²) >= 11 is 0. The molecule has 358 valence electrons. The van der Waals surface area contributed by atoms with Gasteiger partial charge in [0.05, 0.1) is 28.1 Å². The van der Waals surface area contributed by atoms with Crippen molar-refractivity contribution in [3.63, 3.8) is 0 Å². The largest absolute Gasteiger partial charge is 0.333 e. The van der Waals surface area contributed by atoms with Crippen LogP contribution < -0.4 is 9.80 Å². The predicted octanol–water partition coefficient (Wildman–Crippen LogP) is 19.1. The van der Waals surface area contributed by atoms with Crippen LogP contribution in [0.15, 0.2) is 291 Å². The Morgan fingerprint density at radius 1 is 0.289 bits per heavy atom. The van der Waals surface area contributed by atoms with Crippen LogP contribution in [0.5, 0.6) is 0 Å². The number of hydrogen-bond acceptors (Lipinski definition) is 2. The van der Waals surface area contributed by atoms with E-state index in [-0.39, 0.29) is 6.04 Å². The number of anilines is 5. The average Bonchev–Trinajstić information content (AvgIpc) is 4.15. The summed E-state index contributed by atoms with van der Waals surface area (Å²) in [6, 6.07) is 98.0. The summed E-state index contributed by atoms with van der Waals surface area (Å²) in [5.41, 5.74) is 21.2. The first kappa shape index (κ1) is 43.7. The van der Waals surface area contributed by atoms with Gasteiger partial charge >= 0.3 is 0 Å². The second-order valence-corrected chi connectivity index (χ2v) is 20.1. The van der Waals surface area contributed by atoms with Gasteiger partial charge in [-0.3, -0.25) is 0 Å². The second-order valence-electron chi connectivity index (χ2n) is 20.1. The van der Waals surface area contributed by atoms with Gasteiger partial charge in [0.1, 0.15) is 0 Å². The Kier molecular flexibility index (Phi) is 10.3. The normalized spacial score (nSPS) is 14.7. The summed E-state index contributed by atoms with van der Waals surface area (Å²) < 4.78 is 4.78. The second kappa shape index (κ2) is 17.9. The fourth-order valence-corrected chi connectivity index (χ4v) is 12.3. The molecule has 0 N–H and O–H groups in total. The van der Waals surface area contributed by atoms with Crippen molar-refractivity contribution in [3.8, 4) is 44.8 Å². The van der Waals surface area contributed by atoms with Gasteiger partial charge in [0, 0.05) is 67.3 Å². The minimum Gasteiger partial charge on any atom is -0.333 e. The summed E-state index contributed by atoms with van der Waals surface area (Å²) in [7, 11) is 0. The van der Waals surface area contributed by atoms with E-state index < -0.39 is 0 Å². The van der Waals surface area contributed by atoms with Crippen LogP contribution in [0.2, 0.25) is 0 Å². The van der Waals surface area contributed by atoms with E-state index in [2.05, 4.69) is 310 Å². The number of fused-ring (bicyclic) bond motifs is 9. The number of benzene rings is 11. The van der Waals surface area contributed by atoms with Crippen LogP contribution in [0.25, 0.3) is 88.4 Å². The number of allylic oxidation sites excluding steroid dienone is 2. The van der Waals surface area contributed by atoms with E-state index in [1.807, 2.05) is 0 Å². The molecule has 1 aliphatic heterocycles. The highest BCUT2D eigenvalue weighted by molar-refractivity contribution is 6.10. The van der Waals surface area contributed by atoms with Crippen LogP contribution >= 0.6 is 0 Å². The lowest BCUT2D eigenvalue weighted by Gasteiger charge is -2.29. The fourth-order valence-electron chi connectivity index (χ4n) is 12.3. The number of aromatic nitrogens is 2. The molecule has 4 heteroatoms. The minimum absolute atomic E-state index is 0.249. The summed E-state index contributed by atoms with van der Waals surface area (Å²) in [4.78, 5) is 4.88. The van der Waals surface area contributed by atoms with Crippen LogP contribution in [0.1, 0.15) is 11.5 Å². The molecule has 0 radical (unpaired) electrons. The maximum atomic E-state index is 2.51. The van der Waals surface area contributed by atoms with E-state index in [0.29, 0.717) is 5.92 Å². The lowest BCUT2D eigenvalue weighted by Crippen LogP contribution is -2.28. The summed E-state index contributed by atoms with van der Waals surface area (Å²) in [5, 5.41) is 5.04. The lowest BCUT2D eigenvalue weighted by atomic mass is 9.91. The third kappa shape index (κ3) is 7.21. The zero-order valence-corrected chi connectivity index (χ0v) is 41.7. The standard InChI is InChI=1S/C72H50N4/c1-7-28-67-61(22-1)62-23-2-8-29-68(62)74(67)58-19-13-16-52(46-58)49-34-40-55(41-35-49)73(56-42-36-50(37-43-56)53-17-14-20-59(47-53)75-69-30-9-3-24-63(69)64-25-4-10-31-70(64)75)57-44-38-51(39-45-57)54-18-15-21-60(48-54)76-71-32-11-5-26-65(71)66-27-6-12-33-72(66)76/h1-48,61,67H. The molecule has 0 saturated carbocycles. The number of para-hydroxylation sites is 5. The van der Waals surface area contributed by atoms with E-state index in [4.69, 9.17) is 0 Å². The molecule has 2 aromatic heterocycles. The molecule has 4 nitrogen and oxygen atoms in total. The van der Waals surface area contributed by atoms with E-state index in [1.165, 1.54) is 82.8 Å². The van der Waals surface area contributed by atoms with Gasteiger partial charge in [-0.15, -0.1) is 0 Å². The molecule has 2 aliphatic rings. The Bertz CT molecular complexity index is 4110. The van der Waals surface area contributed by atoms with E-state index in [9.17, 15) is 0 Å². The first-order chi connectivity index (χ1) is 37.7. The van der Waals surface area contributed by atoms with Gasteiger partial charge in [-0.2, -0.15) is 0 Å². The molecule has 0 amide bonds. The lowest BCUT2D eigenvalue weighted by molar-refractivity contribution is 0.745. The summed E-state index contributed by atoms with van der Waals surface area (Å²) in [6.07, 6.45) is 9.06. The molecular formula is C72H50N4. The molecule has 0 fully saturated rings. The summed E-state index contributed by atoms with van der Waals surface area (Å²) in [6.45, 7) is 0. The maximum absolute atomic E-state index is 2.51. The average molecular weight is 971 g/mol. The van der Waals surface area contributed by atoms with Crippen molar-refractivity contribution < 1.29 is 0 Å². The van der Waals surface area contributed by atoms with Gasteiger partial charge in [-0.05, 0) is 142 Å². The highest BCUT2D eigenvalue weighted by atomic mass is 15.2. The first-order valence-corrected chi connectivity index (χ1v) is 26.3. The van der Waals surface area contributed by atoms with Crippen LogP contribution in [-0.4, -0.2) is 15.2 Å². The summed E-state index contributed by atoms with van der Waals surface area (Å²) in [5.74, 6) is 0.339. The topological polar surface area (TPSA) is 16.3 Å². The Morgan fingerprint density at radius 3 is 1.11 bits per heavy atom. The molecule has 0 saturated heterocycles. The van der Waals surface area contributed by atoms with Gasteiger partial charge in [-0.25, -0.2) is 0 Å². The highest BCUT2D eigenvalue weighted by Crippen LogP contribution is 2.48. The van der Waals surface area contributed by atoms with Gasteiger partial charge in [-0.1, -0.05) is 188 Å². The Labute approximate surface area is 442 Å². The molecule has 3 heterocycles. The zero-order valence-electron chi connectivity index (χ0n) is 41.7. The van der Waals surface area contributed by atoms with Gasteiger partial charge in [0.25, 0.3) is 0 Å². The smallest absolute Gasteiger partial charge is 0.0629 e. The van der Waals surface area contributed by atoms with Gasteiger partial charge in [0.2, 0.25) is 0 Å². The third-order valence-corrected chi connectivity index (χ3v) is 15.8. The molecule has 0 bridgehead atoms. The highest BCUT2D eigenvalue weighted by Gasteiger charge is 2.37. The van der Waals surface area contributed by atoms with E-state index in [0.717, 1.165) is 39.6 Å². The Balaban J connectivity index is 0.788. The number of nitrogens with zero attached hydrogens (tertiary/aromatic N) is 4. The maximum Gasteiger partial charge on any atom is 0.0629 e. The quantitative estimate of drug-likeness (QED) is 0.143. The predicted molar refractivity (Wildman–Crippen MR) is 320 cm³/mol. The van der Waals surface area contributed by atoms with Crippen molar-refractivity contribution in [2.45, 2.75) is 12.0 Å². The molecule has 1 aliphatic carbocycles. The van der Waals surface area contributed by atoms with E-state index >= 15 is 0 Å². The van der Waals surface area contributed by atoms with Crippen LogP contribution in [-0.2, 0) is 0 Å². The van der Waals surface area contributed by atoms with Crippen LogP contribution in [0.3, 0.4) is 0 Å². The van der Waals surface area contributed by atoms with Crippen molar-refractivity contribution in [1.29, 1.82) is 0 Å². The monoisotopic (exact) mass is 970 g/mol. The van der Waals surface area contributed by atoms with Crippen molar-refractivity contribution in [3.05, 3.63) is 297 Å². The van der Waals surface area contributed by atoms with Gasteiger partial charge in [0.15, 0.2) is 0 Å². The number of rotatable bonds is 9. The fraction of sp³-hybridized carbons (Fsp3) is 0.0278. The molecule has 2 unspecified atom stereocenters. The van der Waals surface area contributed by atoms with Crippen LogP contribution in [0.4, 0.5) is 28.4 Å².